The fraction of sp³-hybridized carbons (Fsp3) is 0.643. The summed E-state index contributed by atoms with van der Waals surface area (Å²) < 4.78 is 0. The van der Waals surface area contributed by atoms with Crippen LogP contribution in [0.15, 0.2) is 23.8 Å². The molecule has 1 aliphatic rings. The van der Waals surface area contributed by atoms with Crippen molar-refractivity contribution in [2.45, 2.75) is 51.9 Å². The van der Waals surface area contributed by atoms with E-state index in [9.17, 15) is 4.79 Å². The molecule has 1 N–H and O–H groups in total. The third kappa shape index (κ3) is 4.65. The monoisotopic (exact) mass is 222 g/mol. The summed E-state index contributed by atoms with van der Waals surface area (Å²) in [6.45, 7) is 2.22. The van der Waals surface area contributed by atoms with Crippen LogP contribution in [0.1, 0.15) is 51.9 Å². The highest BCUT2D eigenvalue weighted by atomic mass is 16.4. The standard InChI is InChI=1S/C14H22O2/c1-2-12-8-5-3-4-6-9-13(12)10-7-11-14(15)16/h7,10-12H,2-6,8-9H2,1H3,(H,15,16). The maximum Gasteiger partial charge on any atom is 0.328 e. The van der Waals surface area contributed by atoms with Crippen molar-refractivity contribution in [1.82, 2.24) is 0 Å². The van der Waals surface area contributed by atoms with Crippen LogP contribution in [0.2, 0.25) is 0 Å². The van der Waals surface area contributed by atoms with Gasteiger partial charge in [-0.15, -0.1) is 0 Å². The van der Waals surface area contributed by atoms with Crippen LogP contribution in [0.5, 0.6) is 0 Å². The zero-order valence-corrected chi connectivity index (χ0v) is 10.1. The molecular formula is C14H22O2. The highest BCUT2D eigenvalue weighted by Crippen LogP contribution is 2.29. The number of carbonyl (C=O) groups is 1. The summed E-state index contributed by atoms with van der Waals surface area (Å²) in [5, 5.41) is 8.55. The third-order valence-corrected chi connectivity index (χ3v) is 3.33. The SMILES string of the molecule is CCC1CCCCCCC1=CC=CC(=O)O. The Morgan fingerprint density at radius 3 is 2.81 bits per heavy atom. The van der Waals surface area contributed by atoms with Gasteiger partial charge in [-0.05, 0) is 31.6 Å². The summed E-state index contributed by atoms with van der Waals surface area (Å²) in [4.78, 5) is 10.4. The average Bonchev–Trinajstić information content (AvgIpc) is 2.21. The molecule has 1 aliphatic carbocycles. The largest absolute Gasteiger partial charge is 0.478 e. The molecule has 0 aromatic rings. The van der Waals surface area contributed by atoms with Crippen LogP contribution >= 0.6 is 0 Å². The van der Waals surface area contributed by atoms with Gasteiger partial charge in [0.15, 0.2) is 0 Å². The lowest BCUT2D eigenvalue weighted by Crippen LogP contribution is -2.06. The van der Waals surface area contributed by atoms with Crippen molar-refractivity contribution >= 4 is 5.97 Å². The van der Waals surface area contributed by atoms with Crippen LogP contribution in [0, 0.1) is 5.92 Å². The second kappa shape index (κ2) is 7.26. The highest BCUT2D eigenvalue weighted by Gasteiger charge is 2.13. The lowest BCUT2D eigenvalue weighted by Gasteiger charge is -2.21. The molecule has 1 fully saturated rings. The van der Waals surface area contributed by atoms with Crippen LogP contribution in [0.25, 0.3) is 0 Å². The molecule has 90 valence electrons. The highest BCUT2D eigenvalue weighted by molar-refractivity contribution is 5.80. The van der Waals surface area contributed by atoms with E-state index < -0.39 is 5.97 Å². The molecule has 0 heterocycles. The smallest absolute Gasteiger partial charge is 0.328 e. The van der Waals surface area contributed by atoms with Crippen molar-refractivity contribution in [3.05, 3.63) is 23.8 Å². The van der Waals surface area contributed by atoms with Gasteiger partial charge in [0.05, 0.1) is 0 Å². The van der Waals surface area contributed by atoms with Gasteiger partial charge in [-0.25, -0.2) is 4.79 Å². The predicted octanol–water partition coefficient (Wildman–Crippen LogP) is 3.93. The normalized spacial score (nSPS) is 25.6. The first kappa shape index (κ1) is 13.0. The number of rotatable bonds is 3. The lowest BCUT2D eigenvalue weighted by atomic mass is 9.84. The minimum Gasteiger partial charge on any atom is -0.478 e. The van der Waals surface area contributed by atoms with Gasteiger partial charge in [-0.3, -0.25) is 0 Å². The van der Waals surface area contributed by atoms with Crippen LogP contribution < -0.4 is 0 Å². The van der Waals surface area contributed by atoms with Crippen molar-refractivity contribution in [3.63, 3.8) is 0 Å². The molecule has 0 aliphatic heterocycles. The van der Waals surface area contributed by atoms with E-state index in [1.165, 1.54) is 50.2 Å². The number of carboxylic acid groups (broad SMARTS) is 1. The molecule has 0 radical (unpaired) electrons. The van der Waals surface area contributed by atoms with E-state index in [2.05, 4.69) is 6.92 Å². The topological polar surface area (TPSA) is 37.3 Å². The summed E-state index contributed by atoms with van der Waals surface area (Å²) in [5.74, 6) is -0.200. The van der Waals surface area contributed by atoms with Gasteiger partial charge in [-0.1, -0.05) is 43.9 Å². The summed E-state index contributed by atoms with van der Waals surface area (Å²) >= 11 is 0. The Bertz CT molecular complexity index is 276. The molecule has 0 spiro atoms. The number of allylic oxidation sites excluding steroid dienone is 3. The molecule has 0 aromatic heterocycles. The van der Waals surface area contributed by atoms with Crippen molar-refractivity contribution in [1.29, 1.82) is 0 Å². The molecule has 0 amide bonds. The van der Waals surface area contributed by atoms with Crippen LogP contribution in [0.3, 0.4) is 0 Å². The van der Waals surface area contributed by atoms with Crippen LogP contribution in [0.4, 0.5) is 0 Å². The molecular weight excluding hydrogens is 200 g/mol. The zero-order chi connectivity index (χ0) is 11.8. The second-order valence-electron chi connectivity index (χ2n) is 4.50. The van der Waals surface area contributed by atoms with E-state index in [0.717, 1.165) is 6.42 Å². The maximum absolute atomic E-state index is 10.4. The van der Waals surface area contributed by atoms with Gasteiger partial charge < -0.3 is 5.11 Å². The molecule has 1 rings (SSSR count). The van der Waals surface area contributed by atoms with Gasteiger partial charge in [0.2, 0.25) is 0 Å². The van der Waals surface area contributed by atoms with Crippen molar-refractivity contribution in [2.75, 3.05) is 0 Å². The van der Waals surface area contributed by atoms with E-state index in [4.69, 9.17) is 5.11 Å². The first-order valence-corrected chi connectivity index (χ1v) is 6.34. The third-order valence-electron chi connectivity index (χ3n) is 3.33. The fourth-order valence-corrected chi connectivity index (χ4v) is 2.40. The number of carboxylic acids is 1. The summed E-state index contributed by atoms with van der Waals surface area (Å²) in [6, 6.07) is 0. The fourth-order valence-electron chi connectivity index (χ4n) is 2.40. The molecule has 0 aromatic carbocycles. The maximum atomic E-state index is 10.4. The molecule has 0 bridgehead atoms. The van der Waals surface area contributed by atoms with Crippen molar-refractivity contribution in [3.8, 4) is 0 Å². The Morgan fingerprint density at radius 2 is 2.12 bits per heavy atom. The van der Waals surface area contributed by atoms with Gasteiger partial charge >= 0.3 is 5.97 Å². The van der Waals surface area contributed by atoms with Gasteiger partial charge in [0.1, 0.15) is 0 Å². The lowest BCUT2D eigenvalue weighted by molar-refractivity contribution is -0.131. The number of hydrogen-bond acceptors (Lipinski definition) is 1. The number of aliphatic carboxylic acids is 1. The first-order valence-electron chi connectivity index (χ1n) is 6.34. The molecule has 2 heteroatoms. The van der Waals surface area contributed by atoms with Gasteiger partial charge in [0.25, 0.3) is 0 Å². The summed E-state index contributed by atoms with van der Waals surface area (Å²) in [5.41, 5.74) is 1.44. The molecule has 0 saturated heterocycles. The quantitative estimate of drug-likeness (QED) is 0.734. The molecule has 1 atom stereocenters. The predicted molar refractivity (Wildman–Crippen MR) is 66.3 cm³/mol. The minimum absolute atomic E-state index is 0.666. The van der Waals surface area contributed by atoms with Crippen molar-refractivity contribution < 1.29 is 9.90 Å². The van der Waals surface area contributed by atoms with E-state index >= 15 is 0 Å². The zero-order valence-electron chi connectivity index (χ0n) is 10.1. The van der Waals surface area contributed by atoms with Gasteiger partial charge in [0, 0.05) is 6.08 Å². The van der Waals surface area contributed by atoms with Crippen LogP contribution in [-0.4, -0.2) is 11.1 Å². The Morgan fingerprint density at radius 1 is 1.38 bits per heavy atom. The van der Waals surface area contributed by atoms with Crippen LogP contribution in [-0.2, 0) is 4.79 Å². The summed E-state index contributed by atoms with van der Waals surface area (Å²) in [7, 11) is 0. The molecule has 1 saturated carbocycles. The molecule has 16 heavy (non-hydrogen) atoms. The number of hydrogen-bond donors (Lipinski definition) is 1. The first-order chi connectivity index (χ1) is 7.74. The summed E-state index contributed by atoms with van der Waals surface area (Å²) in [6.07, 6.45) is 13.7. The second-order valence-corrected chi connectivity index (χ2v) is 4.50. The Balaban J connectivity index is 2.65. The average molecular weight is 222 g/mol. The molecule has 1 unspecified atom stereocenters. The Labute approximate surface area is 98.1 Å². The van der Waals surface area contributed by atoms with E-state index in [0.29, 0.717) is 5.92 Å². The molecule has 2 nitrogen and oxygen atoms in total. The van der Waals surface area contributed by atoms with E-state index in [1.54, 1.807) is 6.08 Å². The van der Waals surface area contributed by atoms with Crippen molar-refractivity contribution in [2.24, 2.45) is 5.92 Å². The van der Waals surface area contributed by atoms with Gasteiger partial charge in [-0.2, -0.15) is 0 Å². The van der Waals surface area contributed by atoms with E-state index in [1.807, 2.05) is 6.08 Å². The Kier molecular flexibility index (Phi) is 5.91. The Hall–Kier alpha value is -1.05. The minimum atomic E-state index is -0.865. The van der Waals surface area contributed by atoms with E-state index in [-0.39, 0.29) is 0 Å².